The van der Waals surface area contributed by atoms with Gasteiger partial charge in [-0.25, -0.2) is 4.98 Å². The number of benzene rings is 1. The molecule has 1 heterocycles. The summed E-state index contributed by atoms with van der Waals surface area (Å²) in [4.78, 5) is 15.9. The fraction of sp³-hybridized carbons (Fsp3) is 0.400. The van der Waals surface area contributed by atoms with Crippen molar-refractivity contribution in [2.24, 2.45) is 0 Å². The molecule has 0 saturated heterocycles. The standard InChI is InChI=1S/C15H20N4O/c1-11-5-6-12(2)13(8-11)9-15(20)16-7-3-4-14-17-10-18-19-14/h5-6,8,10H,3-4,7,9H2,1-2H3,(H,16,20)(H,17,18,19). The van der Waals surface area contributed by atoms with E-state index in [0.717, 1.165) is 29.8 Å². The lowest BCUT2D eigenvalue weighted by Crippen LogP contribution is -2.26. The lowest BCUT2D eigenvalue weighted by Gasteiger charge is -2.08. The molecule has 5 heteroatoms. The van der Waals surface area contributed by atoms with Gasteiger partial charge in [0.25, 0.3) is 0 Å². The Bertz CT molecular complexity index is 563. The van der Waals surface area contributed by atoms with Crippen molar-refractivity contribution in [3.8, 4) is 0 Å². The van der Waals surface area contributed by atoms with Crippen molar-refractivity contribution in [1.29, 1.82) is 0 Å². The highest BCUT2D eigenvalue weighted by atomic mass is 16.1. The zero-order valence-electron chi connectivity index (χ0n) is 11.9. The van der Waals surface area contributed by atoms with Gasteiger partial charge in [0.1, 0.15) is 12.2 Å². The molecule has 0 atom stereocenters. The number of carbonyl (C=O) groups is 1. The summed E-state index contributed by atoms with van der Waals surface area (Å²) >= 11 is 0. The molecule has 1 aromatic heterocycles. The Morgan fingerprint density at radius 3 is 2.95 bits per heavy atom. The van der Waals surface area contributed by atoms with Crippen LogP contribution >= 0.6 is 0 Å². The van der Waals surface area contributed by atoms with Crippen LogP contribution in [-0.2, 0) is 17.6 Å². The van der Waals surface area contributed by atoms with Crippen molar-refractivity contribution in [3.63, 3.8) is 0 Å². The number of amides is 1. The summed E-state index contributed by atoms with van der Waals surface area (Å²) < 4.78 is 0. The average Bonchev–Trinajstić information content (AvgIpc) is 2.92. The molecule has 2 N–H and O–H groups in total. The molecule has 106 valence electrons. The van der Waals surface area contributed by atoms with Gasteiger partial charge in [-0.3, -0.25) is 9.89 Å². The summed E-state index contributed by atoms with van der Waals surface area (Å²) in [6.07, 6.45) is 3.59. The molecule has 0 bridgehead atoms. The molecular weight excluding hydrogens is 252 g/mol. The Morgan fingerprint density at radius 1 is 1.35 bits per heavy atom. The van der Waals surface area contributed by atoms with E-state index in [1.54, 1.807) is 0 Å². The minimum Gasteiger partial charge on any atom is -0.356 e. The fourth-order valence-electron chi connectivity index (χ4n) is 2.06. The van der Waals surface area contributed by atoms with E-state index in [-0.39, 0.29) is 5.91 Å². The third kappa shape index (κ3) is 4.19. The summed E-state index contributed by atoms with van der Waals surface area (Å²) in [6, 6.07) is 6.19. The molecule has 1 amide bonds. The minimum atomic E-state index is 0.0660. The number of carbonyl (C=O) groups excluding carboxylic acids is 1. The number of aryl methyl sites for hydroxylation is 3. The van der Waals surface area contributed by atoms with Crippen molar-refractivity contribution in [2.75, 3.05) is 6.54 Å². The Hall–Kier alpha value is -2.17. The van der Waals surface area contributed by atoms with E-state index in [9.17, 15) is 4.79 Å². The highest BCUT2D eigenvalue weighted by Crippen LogP contribution is 2.11. The first-order chi connectivity index (χ1) is 9.65. The van der Waals surface area contributed by atoms with Gasteiger partial charge in [0.15, 0.2) is 0 Å². The summed E-state index contributed by atoms with van der Waals surface area (Å²) in [7, 11) is 0. The number of nitrogens with one attached hydrogen (secondary N) is 2. The van der Waals surface area contributed by atoms with Crippen molar-refractivity contribution in [3.05, 3.63) is 47.0 Å². The molecule has 0 saturated carbocycles. The molecular formula is C15H20N4O. The molecule has 5 nitrogen and oxygen atoms in total. The van der Waals surface area contributed by atoms with E-state index >= 15 is 0 Å². The lowest BCUT2D eigenvalue weighted by atomic mass is 10.0. The van der Waals surface area contributed by atoms with Gasteiger partial charge in [0.05, 0.1) is 6.42 Å². The number of aromatic nitrogens is 3. The van der Waals surface area contributed by atoms with Gasteiger partial charge in [0, 0.05) is 13.0 Å². The van der Waals surface area contributed by atoms with E-state index in [1.807, 2.05) is 13.8 Å². The molecule has 1 aromatic carbocycles. The highest BCUT2D eigenvalue weighted by molar-refractivity contribution is 5.78. The molecule has 0 aliphatic carbocycles. The van der Waals surface area contributed by atoms with Crippen LogP contribution in [-0.4, -0.2) is 27.6 Å². The zero-order chi connectivity index (χ0) is 14.4. The topological polar surface area (TPSA) is 70.7 Å². The van der Waals surface area contributed by atoms with E-state index < -0.39 is 0 Å². The third-order valence-corrected chi connectivity index (χ3v) is 3.23. The van der Waals surface area contributed by atoms with Crippen LogP contribution in [0, 0.1) is 13.8 Å². The van der Waals surface area contributed by atoms with Gasteiger partial charge >= 0.3 is 0 Å². The van der Waals surface area contributed by atoms with Crippen LogP contribution in [0.3, 0.4) is 0 Å². The van der Waals surface area contributed by atoms with Crippen LogP contribution in [0.5, 0.6) is 0 Å². The summed E-state index contributed by atoms with van der Waals surface area (Å²) in [6.45, 7) is 4.73. The Balaban J connectivity index is 1.73. The van der Waals surface area contributed by atoms with Gasteiger partial charge in [-0.05, 0) is 31.4 Å². The SMILES string of the molecule is Cc1ccc(C)c(CC(=O)NCCCc2ncn[nH]2)c1. The number of hydrogen-bond acceptors (Lipinski definition) is 3. The molecule has 0 unspecified atom stereocenters. The second-order valence-corrected chi connectivity index (χ2v) is 4.99. The maximum Gasteiger partial charge on any atom is 0.224 e. The fourth-order valence-corrected chi connectivity index (χ4v) is 2.06. The predicted molar refractivity (Wildman–Crippen MR) is 77.3 cm³/mol. The summed E-state index contributed by atoms with van der Waals surface area (Å²) in [5.74, 6) is 0.921. The lowest BCUT2D eigenvalue weighted by molar-refractivity contribution is -0.120. The molecule has 2 rings (SSSR count). The van der Waals surface area contributed by atoms with Gasteiger partial charge in [-0.1, -0.05) is 23.8 Å². The van der Waals surface area contributed by atoms with Gasteiger partial charge in [-0.15, -0.1) is 0 Å². The minimum absolute atomic E-state index is 0.0660. The number of hydrogen-bond donors (Lipinski definition) is 2. The maximum absolute atomic E-state index is 11.9. The Kier molecular flexibility index (Phi) is 4.87. The first-order valence-electron chi connectivity index (χ1n) is 6.82. The Labute approximate surface area is 118 Å². The predicted octanol–water partition coefficient (Wildman–Crippen LogP) is 1.71. The van der Waals surface area contributed by atoms with Crippen molar-refractivity contribution >= 4 is 5.91 Å². The molecule has 0 fully saturated rings. The van der Waals surface area contributed by atoms with Crippen LogP contribution in [0.15, 0.2) is 24.5 Å². The molecule has 0 spiro atoms. The number of H-pyrrole nitrogens is 1. The van der Waals surface area contributed by atoms with E-state index in [0.29, 0.717) is 13.0 Å². The van der Waals surface area contributed by atoms with E-state index in [1.165, 1.54) is 11.9 Å². The zero-order valence-corrected chi connectivity index (χ0v) is 11.9. The maximum atomic E-state index is 11.9. The van der Waals surface area contributed by atoms with Crippen LogP contribution < -0.4 is 5.32 Å². The molecule has 2 aromatic rings. The van der Waals surface area contributed by atoms with Gasteiger partial charge in [0.2, 0.25) is 5.91 Å². The monoisotopic (exact) mass is 272 g/mol. The first-order valence-corrected chi connectivity index (χ1v) is 6.82. The quantitative estimate of drug-likeness (QED) is 0.786. The number of aromatic amines is 1. The van der Waals surface area contributed by atoms with Crippen molar-refractivity contribution in [2.45, 2.75) is 33.1 Å². The second kappa shape index (κ2) is 6.84. The third-order valence-electron chi connectivity index (χ3n) is 3.23. The molecule has 0 radical (unpaired) electrons. The van der Waals surface area contributed by atoms with Gasteiger partial charge in [-0.2, -0.15) is 5.10 Å². The first kappa shape index (κ1) is 14.2. The number of nitrogens with zero attached hydrogens (tertiary/aromatic N) is 2. The van der Waals surface area contributed by atoms with Crippen LogP contribution in [0.2, 0.25) is 0 Å². The van der Waals surface area contributed by atoms with E-state index in [4.69, 9.17) is 0 Å². The van der Waals surface area contributed by atoms with Crippen LogP contribution in [0.1, 0.15) is 28.9 Å². The van der Waals surface area contributed by atoms with Crippen LogP contribution in [0.25, 0.3) is 0 Å². The second-order valence-electron chi connectivity index (χ2n) is 4.99. The normalized spacial score (nSPS) is 10.5. The number of rotatable bonds is 6. The highest BCUT2D eigenvalue weighted by Gasteiger charge is 2.06. The van der Waals surface area contributed by atoms with Crippen molar-refractivity contribution in [1.82, 2.24) is 20.5 Å². The summed E-state index contributed by atoms with van der Waals surface area (Å²) in [5, 5.41) is 9.53. The van der Waals surface area contributed by atoms with Crippen molar-refractivity contribution < 1.29 is 4.79 Å². The molecule has 0 aliphatic rings. The molecule has 20 heavy (non-hydrogen) atoms. The largest absolute Gasteiger partial charge is 0.356 e. The van der Waals surface area contributed by atoms with Gasteiger partial charge < -0.3 is 5.32 Å². The smallest absolute Gasteiger partial charge is 0.224 e. The Morgan fingerprint density at radius 2 is 2.20 bits per heavy atom. The summed E-state index contributed by atoms with van der Waals surface area (Å²) in [5.41, 5.74) is 3.44. The average molecular weight is 272 g/mol. The molecule has 0 aliphatic heterocycles. The van der Waals surface area contributed by atoms with Crippen LogP contribution in [0.4, 0.5) is 0 Å². The van der Waals surface area contributed by atoms with E-state index in [2.05, 4.69) is 38.7 Å².